The van der Waals surface area contributed by atoms with E-state index in [1.807, 2.05) is 62.4 Å². The molecule has 0 aliphatic rings. The van der Waals surface area contributed by atoms with Crippen molar-refractivity contribution >= 4 is 11.9 Å². The lowest BCUT2D eigenvalue weighted by atomic mass is 9.78. The number of carbonyl (C=O) groups is 2. The number of esters is 1. The minimum atomic E-state index is -0.998. The van der Waals surface area contributed by atoms with Crippen molar-refractivity contribution in [2.24, 2.45) is 11.8 Å². The summed E-state index contributed by atoms with van der Waals surface area (Å²) in [6.07, 6.45) is 4.93. The minimum Gasteiger partial charge on any atom is -0.497 e. The van der Waals surface area contributed by atoms with Crippen LogP contribution in [0.2, 0.25) is 0 Å². The maximum atomic E-state index is 12.7. The molecule has 3 atom stereocenters. The van der Waals surface area contributed by atoms with Gasteiger partial charge in [-0.05, 0) is 54.7 Å². The van der Waals surface area contributed by atoms with Gasteiger partial charge in [0.25, 0.3) is 0 Å². The van der Waals surface area contributed by atoms with E-state index in [1.165, 1.54) is 5.56 Å². The van der Waals surface area contributed by atoms with Crippen molar-refractivity contribution in [3.63, 3.8) is 0 Å². The van der Waals surface area contributed by atoms with Crippen LogP contribution in [0.4, 0.5) is 0 Å². The molecule has 6 nitrogen and oxygen atoms in total. The van der Waals surface area contributed by atoms with E-state index in [0.717, 1.165) is 17.7 Å². The van der Waals surface area contributed by atoms with Crippen LogP contribution < -0.4 is 9.47 Å². The Morgan fingerprint density at radius 2 is 1.50 bits per heavy atom. The first-order chi connectivity index (χ1) is 17.1. The van der Waals surface area contributed by atoms with Crippen molar-refractivity contribution in [2.45, 2.75) is 65.4 Å². The summed E-state index contributed by atoms with van der Waals surface area (Å²) in [4.78, 5) is 24.3. The van der Waals surface area contributed by atoms with Crippen LogP contribution in [0.1, 0.15) is 65.0 Å². The normalized spacial score (nSPS) is 14.2. The number of carboxylic acid groups (broad SMARTS) is 1. The smallest absolute Gasteiger partial charge is 0.309 e. The van der Waals surface area contributed by atoms with Crippen LogP contribution >= 0.6 is 0 Å². The number of hydrogen-bond acceptors (Lipinski definition) is 5. The Hall–Kier alpha value is -3.28. The second kappa shape index (κ2) is 13.7. The maximum absolute atomic E-state index is 12.7. The molecule has 0 spiro atoms. The molecule has 0 aliphatic carbocycles. The van der Waals surface area contributed by atoms with Gasteiger partial charge >= 0.3 is 11.9 Å². The van der Waals surface area contributed by atoms with Gasteiger partial charge in [-0.2, -0.15) is 0 Å². The number of ether oxygens (including phenoxy) is 3. The van der Waals surface area contributed by atoms with Gasteiger partial charge in [0.15, 0.2) is 0 Å². The molecule has 0 fully saturated rings. The second-order valence-electron chi connectivity index (χ2n) is 9.50. The highest BCUT2D eigenvalue weighted by atomic mass is 16.6. The molecular weight excluding hydrogens is 456 g/mol. The highest BCUT2D eigenvalue weighted by molar-refractivity contribution is 5.81. The first-order valence-corrected chi connectivity index (χ1v) is 12.6. The fraction of sp³-hybridized carbons (Fsp3) is 0.467. The van der Waals surface area contributed by atoms with Gasteiger partial charge < -0.3 is 19.3 Å². The maximum Gasteiger partial charge on any atom is 0.309 e. The van der Waals surface area contributed by atoms with E-state index in [-0.39, 0.29) is 12.0 Å². The highest BCUT2D eigenvalue weighted by Crippen LogP contribution is 2.33. The summed E-state index contributed by atoms with van der Waals surface area (Å²) in [5, 5.41) is 9.54. The van der Waals surface area contributed by atoms with Gasteiger partial charge in [0.2, 0.25) is 0 Å². The number of methoxy groups -OCH3 is 1. The second-order valence-corrected chi connectivity index (χ2v) is 9.50. The van der Waals surface area contributed by atoms with Gasteiger partial charge in [0.1, 0.15) is 24.2 Å². The van der Waals surface area contributed by atoms with E-state index in [9.17, 15) is 14.7 Å². The van der Waals surface area contributed by atoms with Crippen LogP contribution in [0.15, 0.2) is 60.7 Å². The molecule has 0 aliphatic heterocycles. The van der Waals surface area contributed by atoms with E-state index in [0.29, 0.717) is 18.6 Å². The largest absolute Gasteiger partial charge is 0.497 e. The third-order valence-corrected chi connectivity index (χ3v) is 6.65. The molecule has 0 heterocycles. The SMILES string of the molecule is CC/C=C/CC(C(=O)O)C(C)C(=O)OC(CC)COc1ccc(C(C)(C)c2ccc(OC)cc2)cc1. The summed E-state index contributed by atoms with van der Waals surface area (Å²) in [7, 11) is 1.66. The van der Waals surface area contributed by atoms with Crippen LogP contribution in [0.5, 0.6) is 11.5 Å². The van der Waals surface area contributed by atoms with Gasteiger partial charge in [-0.15, -0.1) is 0 Å². The summed E-state index contributed by atoms with van der Waals surface area (Å²) in [6.45, 7) is 10.0. The molecule has 36 heavy (non-hydrogen) atoms. The Labute approximate surface area is 215 Å². The third-order valence-electron chi connectivity index (χ3n) is 6.65. The average molecular weight is 497 g/mol. The fourth-order valence-electron chi connectivity index (χ4n) is 3.93. The summed E-state index contributed by atoms with van der Waals surface area (Å²) in [6, 6.07) is 16.0. The predicted octanol–water partition coefficient (Wildman–Crippen LogP) is 6.41. The standard InChI is InChI=1S/C30H40O6/c1-7-9-10-11-27(28(31)32)21(3)29(33)36-24(8-2)20-35-26-18-14-23(15-19-26)30(4,5)22-12-16-25(34-6)17-13-22/h9-10,12-19,21,24,27H,7-8,11,20H2,1-6H3,(H,31,32)/b10-9+. The van der Waals surface area contributed by atoms with Crippen molar-refractivity contribution < 1.29 is 28.9 Å². The number of rotatable bonds is 14. The molecule has 2 aromatic carbocycles. The predicted molar refractivity (Wildman–Crippen MR) is 142 cm³/mol. The number of carboxylic acids is 1. The van der Waals surface area contributed by atoms with Crippen molar-refractivity contribution in [1.29, 1.82) is 0 Å². The van der Waals surface area contributed by atoms with Gasteiger partial charge in [-0.3, -0.25) is 9.59 Å². The van der Waals surface area contributed by atoms with E-state index < -0.39 is 29.9 Å². The molecule has 0 aromatic heterocycles. The number of allylic oxidation sites excluding steroid dienone is 2. The first-order valence-electron chi connectivity index (χ1n) is 12.6. The molecule has 0 bridgehead atoms. The molecule has 0 saturated carbocycles. The van der Waals surface area contributed by atoms with Crippen molar-refractivity contribution in [2.75, 3.05) is 13.7 Å². The fourth-order valence-corrected chi connectivity index (χ4v) is 3.93. The Balaban J connectivity index is 1.98. The van der Waals surface area contributed by atoms with Gasteiger partial charge in [0.05, 0.1) is 18.9 Å². The minimum absolute atomic E-state index is 0.198. The molecular formula is C30H40O6. The van der Waals surface area contributed by atoms with Gasteiger partial charge in [-0.25, -0.2) is 0 Å². The Bertz CT molecular complexity index is 991. The number of hydrogen-bond donors (Lipinski definition) is 1. The Kier molecular flexibility index (Phi) is 11.0. The lowest BCUT2D eigenvalue weighted by Crippen LogP contribution is -2.33. The van der Waals surface area contributed by atoms with Crippen molar-refractivity contribution in [3.05, 3.63) is 71.8 Å². The lowest BCUT2D eigenvalue weighted by molar-refractivity contribution is -0.162. The number of aliphatic carboxylic acids is 1. The summed E-state index contributed by atoms with van der Waals surface area (Å²) in [5.74, 6) is -1.58. The van der Waals surface area contributed by atoms with E-state index in [4.69, 9.17) is 14.2 Å². The molecule has 0 saturated heterocycles. The van der Waals surface area contributed by atoms with E-state index in [1.54, 1.807) is 14.0 Å². The molecule has 0 radical (unpaired) electrons. The monoisotopic (exact) mass is 496 g/mol. The number of benzene rings is 2. The third kappa shape index (κ3) is 7.87. The zero-order valence-electron chi connectivity index (χ0n) is 22.3. The topological polar surface area (TPSA) is 82.1 Å². The summed E-state index contributed by atoms with van der Waals surface area (Å²) < 4.78 is 16.8. The van der Waals surface area contributed by atoms with Crippen LogP contribution in [0.25, 0.3) is 0 Å². The van der Waals surface area contributed by atoms with Crippen LogP contribution in [-0.4, -0.2) is 36.9 Å². The van der Waals surface area contributed by atoms with Gasteiger partial charge in [0, 0.05) is 5.41 Å². The molecule has 196 valence electrons. The van der Waals surface area contributed by atoms with Gasteiger partial charge in [-0.1, -0.05) is 71.0 Å². The molecule has 1 N–H and O–H groups in total. The highest BCUT2D eigenvalue weighted by Gasteiger charge is 2.31. The van der Waals surface area contributed by atoms with E-state index in [2.05, 4.69) is 26.0 Å². The van der Waals surface area contributed by atoms with Crippen molar-refractivity contribution in [3.8, 4) is 11.5 Å². The average Bonchev–Trinajstić information content (AvgIpc) is 2.88. The molecule has 6 heteroatoms. The lowest BCUT2D eigenvalue weighted by Gasteiger charge is -2.26. The Morgan fingerprint density at radius 1 is 0.944 bits per heavy atom. The first kappa shape index (κ1) is 29.0. The van der Waals surface area contributed by atoms with Crippen LogP contribution in [0.3, 0.4) is 0 Å². The van der Waals surface area contributed by atoms with Crippen LogP contribution in [0, 0.1) is 11.8 Å². The zero-order chi connectivity index (χ0) is 26.7. The molecule has 0 amide bonds. The summed E-state index contributed by atoms with van der Waals surface area (Å²) in [5.41, 5.74) is 2.12. The van der Waals surface area contributed by atoms with E-state index >= 15 is 0 Å². The molecule has 3 unspecified atom stereocenters. The molecule has 2 rings (SSSR count). The quantitative estimate of drug-likeness (QED) is 0.240. The molecule has 2 aromatic rings. The van der Waals surface area contributed by atoms with Crippen LogP contribution in [-0.2, 0) is 19.7 Å². The van der Waals surface area contributed by atoms with Crippen molar-refractivity contribution in [1.82, 2.24) is 0 Å². The summed E-state index contributed by atoms with van der Waals surface area (Å²) >= 11 is 0. The number of carbonyl (C=O) groups excluding carboxylic acids is 1. The Morgan fingerprint density at radius 3 is 1.97 bits per heavy atom. The zero-order valence-corrected chi connectivity index (χ0v) is 22.3.